The molecule has 2 rings (SSSR count). The first-order valence-corrected chi connectivity index (χ1v) is 6.67. The zero-order valence-electron chi connectivity index (χ0n) is 11.8. The third kappa shape index (κ3) is 2.73. The van der Waals surface area contributed by atoms with Crippen molar-refractivity contribution >= 4 is 5.91 Å². The molecule has 19 heavy (non-hydrogen) atoms. The monoisotopic (exact) mass is 266 g/mol. The molecule has 6 heteroatoms. The molecule has 6 nitrogen and oxygen atoms in total. The fraction of sp³-hybridized carbons (Fsp3) is 0.692. The van der Waals surface area contributed by atoms with Crippen molar-refractivity contribution in [1.29, 1.82) is 0 Å². The van der Waals surface area contributed by atoms with E-state index in [0.29, 0.717) is 12.3 Å². The summed E-state index contributed by atoms with van der Waals surface area (Å²) in [6.45, 7) is 5.18. The van der Waals surface area contributed by atoms with Crippen molar-refractivity contribution in [3.05, 3.63) is 11.4 Å². The highest BCUT2D eigenvalue weighted by Gasteiger charge is 2.28. The molecular formula is C13H22N4O2. The van der Waals surface area contributed by atoms with Crippen LogP contribution in [-0.2, 0) is 11.8 Å². The maximum absolute atomic E-state index is 12.1. The maximum Gasteiger partial charge on any atom is 0.260 e. The predicted molar refractivity (Wildman–Crippen MR) is 72.0 cm³/mol. The number of aromatic nitrogens is 2. The summed E-state index contributed by atoms with van der Waals surface area (Å²) in [6, 6.07) is 0.173. The predicted octanol–water partition coefficient (Wildman–Crippen LogP) is 0.365. The highest BCUT2D eigenvalue weighted by molar-refractivity contribution is 5.78. The van der Waals surface area contributed by atoms with Gasteiger partial charge in [0.1, 0.15) is 5.69 Å². The topological polar surface area (TPSA) is 73.4 Å². The third-order valence-electron chi connectivity index (χ3n) is 3.75. The number of nitrogens with two attached hydrogens (primary N) is 1. The Morgan fingerprint density at radius 1 is 1.53 bits per heavy atom. The minimum Gasteiger partial charge on any atom is -0.480 e. The van der Waals surface area contributed by atoms with Crippen LogP contribution in [0.3, 0.4) is 0 Å². The number of ether oxygens (including phenoxy) is 1. The molecule has 1 aromatic rings. The number of carbonyl (C=O) groups is 1. The lowest BCUT2D eigenvalue weighted by molar-refractivity contribution is -0.134. The first kappa shape index (κ1) is 13.9. The molecule has 1 amide bonds. The van der Waals surface area contributed by atoms with E-state index in [9.17, 15) is 4.79 Å². The number of amides is 1. The molecular weight excluding hydrogens is 244 g/mol. The average Bonchev–Trinajstić information content (AvgIpc) is 2.94. The van der Waals surface area contributed by atoms with Crippen molar-refractivity contribution in [3.63, 3.8) is 0 Å². The van der Waals surface area contributed by atoms with Gasteiger partial charge < -0.3 is 15.4 Å². The Kier molecular flexibility index (Phi) is 4.09. The molecule has 1 saturated heterocycles. The minimum absolute atomic E-state index is 0.00982. The quantitative estimate of drug-likeness (QED) is 0.854. The Morgan fingerprint density at radius 3 is 2.84 bits per heavy atom. The van der Waals surface area contributed by atoms with Crippen LogP contribution in [0.4, 0.5) is 0 Å². The van der Waals surface area contributed by atoms with E-state index < -0.39 is 0 Å². The molecule has 0 aliphatic carbocycles. The Labute approximate surface area is 113 Å². The summed E-state index contributed by atoms with van der Waals surface area (Å²) in [5.74, 6) is 0.718. The van der Waals surface area contributed by atoms with Gasteiger partial charge in [-0.25, -0.2) is 0 Å². The molecule has 1 aliphatic heterocycles. The smallest absolute Gasteiger partial charge is 0.260 e. The van der Waals surface area contributed by atoms with E-state index in [4.69, 9.17) is 10.5 Å². The van der Waals surface area contributed by atoms with E-state index in [0.717, 1.165) is 30.8 Å². The average molecular weight is 266 g/mol. The molecule has 0 radical (unpaired) electrons. The third-order valence-corrected chi connectivity index (χ3v) is 3.75. The second-order valence-electron chi connectivity index (χ2n) is 5.03. The fourth-order valence-electron chi connectivity index (χ4n) is 2.59. The van der Waals surface area contributed by atoms with Crippen LogP contribution in [0.25, 0.3) is 0 Å². The van der Waals surface area contributed by atoms with E-state index in [2.05, 4.69) is 5.10 Å². The molecule has 1 unspecified atom stereocenters. The summed E-state index contributed by atoms with van der Waals surface area (Å²) in [5, 5.41) is 4.26. The van der Waals surface area contributed by atoms with Crippen LogP contribution >= 0.6 is 0 Å². The summed E-state index contributed by atoms with van der Waals surface area (Å²) in [6.07, 6.45) is 2.02. The minimum atomic E-state index is 0.00982. The van der Waals surface area contributed by atoms with Gasteiger partial charge in [0, 0.05) is 26.2 Å². The standard InChI is InChI=1S/C13H22N4O2/c1-9-13(10(2)16(3)15-9)19-8-12(18)17-6-4-5-11(17)7-14/h11H,4-8,14H2,1-3H3. The summed E-state index contributed by atoms with van der Waals surface area (Å²) in [4.78, 5) is 14.0. The second-order valence-corrected chi connectivity index (χ2v) is 5.03. The number of aryl methyl sites for hydroxylation is 2. The number of rotatable bonds is 4. The molecule has 1 atom stereocenters. The van der Waals surface area contributed by atoms with Gasteiger partial charge in [-0.15, -0.1) is 0 Å². The van der Waals surface area contributed by atoms with Gasteiger partial charge >= 0.3 is 0 Å². The highest BCUT2D eigenvalue weighted by Crippen LogP contribution is 2.22. The van der Waals surface area contributed by atoms with Gasteiger partial charge in [-0.2, -0.15) is 5.10 Å². The summed E-state index contributed by atoms with van der Waals surface area (Å²) in [7, 11) is 1.86. The molecule has 0 aromatic carbocycles. The van der Waals surface area contributed by atoms with Crippen LogP contribution in [0.2, 0.25) is 0 Å². The first-order valence-electron chi connectivity index (χ1n) is 6.67. The number of hydrogen-bond donors (Lipinski definition) is 1. The lowest BCUT2D eigenvalue weighted by Crippen LogP contribution is -2.42. The largest absolute Gasteiger partial charge is 0.480 e. The van der Waals surface area contributed by atoms with Gasteiger partial charge in [-0.05, 0) is 26.7 Å². The van der Waals surface area contributed by atoms with Gasteiger partial charge in [0.25, 0.3) is 5.91 Å². The van der Waals surface area contributed by atoms with Gasteiger partial charge in [0.2, 0.25) is 0 Å². The molecule has 1 fully saturated rings. The van der Waals surface area contributed by atoms with Crippen molar-refractivity contribution in [2.24, 2.45) is 12.8 Å². The van der Waals surface area contributed by atoms with Crippen LogP contribution in [0.5, 0.6) is 5.75 Å². The Balaban J connectivity index is 1.97. The molecule has 2 N–H and O–H groups in total. The Morgan fingerprint density at radius 2 is 2.26 bits per heavy atom. The van der Waals surface area contributed by atoms with E-state index in [-0.39, 0.29) is 18.6 Å². The van der Waals surface area contributed by atoms with Gasteiger partial charge in [-0.1, -0.05) is 0 Å². The van der Waals surface area contributed by atoms with Crippen molar-refractivity contribution in [3.8, 4) is 5.75 Å². The normalized spacial score (nSPS) is 18.9. The molecule has 0 bridgehead atoms. The molecule has 106 valence electrons. The van der Waals surface area contributed by atoms with Crippen LogP contribution in [-0.4, -0.2) is 46.3 Å². The SMILES string of the molecule is Cc1nn(C)c(C)c1OCC(=O)N1CCCC1CN. The summed E-state index contributed by atoms with van der Waals surface area (Å²) >= 11 is 0. The highest BCUT2D eigenvalue weighted by atomic mass is 16.5. The van der Waals surface area contributed by atoms with Crippen molar-refractivity contribution in [1.82, 2.24) is 14.7 Å². The van der Waals surface area contributed by atoms with E-state index in [1.807, 2.05) is 25.8 Å². The van der Waals surface area contributed by atoms with Crippen molar-refractivity contribution < 1.29 is 9.53 Å². The van der Waals surface area contributed by atoms with Crippen molar-refractivity contribution in [2.45, 2.75) is 32.7 Å². The fourth-order valence-corrected chi connectivity index (χ4v) is 2.59. The zero-order valence-corrected chi connectivity index (χ0v) is 11.8. The van der Waals surface area contributed by atoms with E-state index in [1.54, 1.807) is 4.68 Å². The molecule has 0 saturated carbocycles. The van der Waals surface area contributed by atoms with Gasteiger partial charge in [-0.3, -0.25) is 9.48 Å². The number of likely N-dealkylation sites (tertiary alicyclic amines) is 1. The molecule has 2 heterocycles. The molecule has 0 spiro atoms. The number of hydrogen-bond acceptors (Lipinski definition) is 4. The lowest BCUT2D eigenvalue weighted by Gasteiger charge is -2.23. The van der Waals surface area contributed by atoms with E-state index >= 15 is 0 Å². The zero-order chi connectivity index (χ0) is 14.0. The van der Waals surface area contributed by atoms with Crippen LogP contribution in [0.1, 0.15) is 24.2 Å². The van der Waals surface area contributed by atoms with Crippen LogP contribution in [0, 0.1) is 13.8 Å². The second kappa shape index (κ2) is 5.61. The number of carbonyl (C=O) groups excluding carboxylic acids is 1. The first-order chi connectivity index (χ1) is 9.04. The molecule has 1 aromatic heterocycles. The van der Waals surface area contributed by atoms with Crippen LogP contribution < -0.4 is 10.5 Å². The van der Waals surface area contributed by atoms with E-state index in [1.165, 1.54) is 0 Å². The van der Waals surface area contributed by atoms with Crippen molar-refractivity contribution in [2.75, 3.05) is 19.7 Å². The Bertz CT molecular complexity index is 469. The van der Waals surface area contributed by atoms with Gasteiger partial charge in [0.05, 0.1) is 5.69 Å². The number of nitrogens with zero attached hydrogens (tertiary/aromatic N) is 3. The molecule has 1 aliphatic rings. The maximum atomic E-state index is 12.1. The summed E-state index contributed by atoms with van der Waals surface area (Å²) in [5.41, 5.74) is 7.42. The lowest BCUT2D eigenvalue weighted by atomic mass is 10.2. The Hall–Kier alpha value is -1.56. The van der Waals surface area contributed by atoms with Gasteiger partial charge in [0.15, 0.2) is 12.4 Å². The van der Waals surface area contributed by atoms with Crippen LogP contribution in [0.15, 0.2) is 0 Å². The summed E-state index contributed by atoms with van der Waals surface area (Å²) < 4.78 is 7.40.